The molecule has 0 radical (unpaired) electrons. The predicted molar refractivity (Wildman–Crippen MR) is 123 cm³/mol. The summed E-state index contributed by atoms with van der Waals surface area (Å²) in [5, 5.41) is 2.86. The number of rotatable bonds is 3. The van der Waals surface area contributed by atoms with Crippen LogP contribution in [-0.4, -0.2) is 21.5 Å². The van der Waals surface area contributed by atoms with Gasteiger partial charge in [-0.25, -0.2) is 4.39 Å². The largest absolute Gasteiger partial charge is 0.318 e. The van der Waals surface area contributed by atoms with Gasteiger partial charge in [0, 0.05) is 17.1 Å². The van der Waals surface area contributed by atoms with Crippen LogP contribution in [0.5, 0.6) is 0 Å². The van der Waals surface area contributed by atoms with Crippen molar-refractivity contribution >= 4 is 52.5 Å². The molecule has 4 rings (SSSR count). The maximum atomic E-state index is 13.3. The van der Waals surface area contributed by atoms with Crippen molar-refractivity contribution in [2.45, 2.75) is 13.8 Å². The Bertz CT molecular complexity index is 1260. The third kappa shape index (κ3) is 3.78. The molecule has 1 saturated heterocycles. The average molecular weight is 454 g/mol. The van der Waals surface area contributed by atoms with E-state index < -0.39 is 11.8 Å². The first-order valence-electron chi connectivity index (χ1n) is 9.39. The summed E-state index contributed by atoms with van der Waals surface area (Å²) in [6.45, 7) is 3.76. The van der Waals surface area contributed by atoms with Crippen molar-refractivity contribution in [2.75, 3.05) is 4.90 Å². The lowest BCUT2D eigenvalue weighted by atomic mass is 10.1. The first-order chi connectivity index (χ1) is 14.8. The van der Waals surface area contributed by atoms with Crippen LogP contribution in [0, 0.1) is 19.7 Å². The van der Waals surface area contributed by atoms with Crippen LogP contribution < -0.4 is 10.2 Å². The van der Waals surface area contributed by atoms with E-state index >= 15 is 0 Å². The molecule has 1 aromatic heterocycles. The van der Waals surface area contributed by atoms with Crippen LogP contribution in [0.4, 0.5) is 10.1 Å². The molecule has 1 N–H and O–H groups in total. The molecule has 0 unspecified atom stereocenters. The van der Waals surface area contributed by atoms with Gasteiger partial charge in [-0.1, -0.05) is 23.7 Å². The summed E-state index contributed by atoms with van der Waals surface area (Å²) in [7, 11) is 0. The van der Waals surface area contributed by atoms with Gasteiger partial charge in [0.2, 0.25) is 0 Å². The van der Waals surface area contributed by atoms with Crippen LogP contribution >= 0.6 is 23.8 Å². The van der Waals surface area contributed by atoms with E-state index in [0.29, 0.717) is 16.3 Å². The van der Waals surface area contributed by atoms with Gasteiger partial charge in [0.25, 0.3) is 11.8 Å². The molecule has 2 heterocycles. The van der Waals surface area contributed by atoms with Gasteiger partial charge in [-0.15, -0.1) is 0 Å². The molecule has 31 heavy (non-hydrogen) atoms. The summed E-state index contributed by atoms with van der Waals surface area (Å²) in [6.07, 6.45) is 1.53. The van der Waals surface area contributed by atoms with E-state index in [9.17, 15) is 14.0 Å². The monoisotopic (exact) mass is 453 g/mol. The molecule has 1 aliphatic heterocycles. The Hall–Kier alpha value is -3.29. The van der Waals surface area contributed by atoms with Crippen LogP contribution in [0.25, 0.3) is 11.8 Å². The third-order valence-electron chi connectivity index (χ3n) is 5.05. The lowest BCUT2D eigenvalue weighted by Crippen LogP contribution is -2.54. The minimum absolute atomic E-state index is 0.0305. The Kier molecular flexibility index (Phi) is 5.47. The Labute approximate surface area is 188 Å². The molecular weight excluding hydrogens is 437 g/mol. The summed E-state index contributed by atoms with van der Waals surface area (Å²) < 4.78 is 15.2. The first-order valence-corrected chi connectivity index (χ1v) is 10.2. The van der Waals surface area contributed by atoms with Gasteiger partial charge < -0.3 is 4.57 Å². The molecule has 3 aromatic rings. The highest BCUT2D eigenvalue weighted by molar-refractivity contribution is 7.80. The highest BCUT2D eigenvalue weighted by Gasteiger charge is 2.35. The van der Waals surface area contributed by atoms with Crippen molar-refractivity contribution < 1.29 is 14.0 Å². The van der Waals surface area contributed by atoms with E-state index in [1.54, 1.807) is 36.4 Å². The van der Waals surface area contributed by atoms with Gasteiger partial charge in [-0.05, 0) is 80.2 Å². The molecule has 1 fully saturated rings. The maximum absolute atomic E-state index is 13.3. The second-order valence-corrected chi connectivity index (χ2v) is 7.84. The Morgan fingerprint density at radius 2 is 1.74 bits per heavy atom. The third-order valence-corrected chi connectivity index (χ3v) is 5.65. The molecule has 0 atom stereocenters. The molecule has 0 aliphatic carbocycles. The zero-order chi connectivity index (χ0) is 22.3. The topological polar surface area (TPSA) is 54.3 Å². The van der Waals surface area contributed by atoms with Crippen LogP contribution in [-0.2, 0) is 9.59 Å². The van der Waals surface area contributed by atoms with E-state index in [4.69, 9.17) is 23.8 Å². The second-order valence-electron chi connectivity index (χ2n) is 7.05. The zero-order valence-electron chi connectivity index (χ0n) is 16.6. The molecular formula is C23H17ClFN3O2S. The number of nitrogens with one attached hydrogen (secondary N) is 1. The number of carbonyl (C=O) groups is 2. The average Bonchev–Trinajstić information content (AvgIpc) is 3.00. The first kappa shape index (κ1) is 21.0. The van der Waals surface area contributed by atoms with Crippen molar-refractivity contribution in [3.05, 3.63) is 88.0 Å². The summed E-state index contributed by atoms with van der Waals surface area (Å²) in [5.74, 6) is -1.47. The molecule has 8 heteroatoms. The van der Waals surface area contributed by atoms with Crippen LogP contribution in [0.1, 0.15) is 17.0 Å². The number of hydrogen-bond acceptors (Lipinski definition) is 3. The highest BCUT2D eigenvalue weighted by Crippen LogP contribution is 2.30. The number of halogens is 2. The Balaban J connectivity index is 1.77. The van der Waals surface area contributed by atoms with Crippen LogP contribution in [0.3, 0.4) is 0 Å². The van der Waals surface area contributed by atoms with Crippen molar-refractivity contribution in [3.8, 4) is 5.69 Å². The van der Waals surface area contributed by atoms with Crippen LogP contribution in [0.15, 0.2) is 60.2 Å². The summed E-state index contributed by atoms with van der Waals surface area (Å²) >= 11 is 11.5. The fourth-order valence-electron chi connectivity index (χ4n) is 3.59. The predicted octanol–water partition coefficient (Wildman–Crippen LogP) is 4.72. The van der Waals surface area contributed by atoms with Gasteiger partial charge in [0.1, 0.15) is 11.4 Å². The number of nitrogens with zero attached hydrogens (tertiary/aromatic N) is 2. The van der Waals surface area contributed by atoms with E-state index in [2.05, 4.69) is 5.32 Å². The van der Waals surface area contributed by atoms with Crippen molar-refractivity contribution in [1.82, 2.24) is 9.88 Å². The second kappa shape index (κ2) is 8.09. The number of hydrogen-bond donors (Lipinski definition) is 1. The molecule has 0 spiro atoms. The number of para-hydroxylation sites is 1. The number of anilines is 1. The molecule has 0 saturated carbocycles. The number of amides is 2. The lowest BCUT2D eigenvalue weighted by Gasteiger charge is -2.29. The minimum atomic E-state index is -0.579. The molecule has 2 amide bonds. The smallest absolute Gasteiger partial charge is 0.270 e. The SMILES string of the molecule is Cc1cc(/C=C2/C(=O)NC(=S)N(c3ccccc3Cl)C2=O)c(C)n1-c1ccc(F)cc1. The van der Waals surface area contributed by atoms with E-state index in [-0.39, 0.29) is 16.5 Å². The van der Waals surface area contributed by atoms with Gasteiger partial charge in [0.05, 0.1) is 10.7 Å². The molecule has 5 nitrogen and oxygen atoms in total. The van der Waals surface area contributed by atoms with Gasteiger partial charge >= 0.3 is 0 Å². The van der Waals surface area contributed by atoms with Crippen molar-refractivity contribution in [1.29, 1.82) is 0 Å². The Morgan fingerprint density at radius 1 is 1.06 bits per heavy atom. The number of aryl methyl sites for hydroxylation is 1. The minimum Gasteiger partial charge on any atom is -0.318 e. The van der Waals surface area contributed by atoms with Crippen molar-refractivity contribution in [3.63, 3.8) is 0 Å². The highest BCUT2D eigenvalue weighted by atomic mass is 35.5. The van der Waals surface area contributed by atoms with E-state index in [1.807, 2.05) is 24.5 Å². The van der Waals surface area contributed by atoms with Crippen molar-refractivity contribution in [2.24, 2.45) is 0 Å². The quantitative estimate of drug-likeness (QED) is 0.355. The normalized spacial score (nSPS) is 15.5. The number of benzene rings is 2. The van der Waals surface area contributed by atoms with Gasteiger partial charge in [0.15, 0.2) is 5.11 Å². The summed E-state index contributed by atoms with van der Waals surface area (Å²) in [4.78, 5) is 27.0. The fourth-order valence-corrected chi connectivity index (χ4v) is 4.08. The molecule has 156 valence electrons. The van der Waals surface area contributed by atoms with Gasteiger partial charge in [-0.3, -0.25) is 19.8 Å². The Morgan fingerprint density at radius 3 is 2.42 bits per heavy atom. The van der Waals surface area contributed by atoms with Gasteiger partial charge in [-0.2, -0.15) is 0 Å². The number of carbonyl (C=O) groups excluding carboxylic acids is 2. The lowest BCUT2D eigenvalue weighted by molar-refractivity contribution is -0.122. The standard InChI is InChI=1S/C23H17ClFN3O2S/c1-13-11-15(14(2)27(13)17-9-7-16(25)8-10-17)12-18-21(29)26-23(31)28(22(18)30)20-6-4-3-5-19(20)24/h3-12H,1-2H3,(H,26,29,31)/b18-12-. The molecule has 0 bridgehead atoms. The zero-order valence-corrected chi connectivity index (χ0v) is 18.2. The summed E-state index contributed by atoms with van der Waals surface area (Å²) in [6, 6.07) is 14.7. The van der Waals surface area contributed by atoms with E-state index in [0.717, 1.165) is 17.1 Å². The molecule has 1 aliphatic rings. The number of thiocarbonyl (C=S) groups is 1. The summed E-state index contributed by atoms with van der Waals surface area (Å²) in [5.41, 5.74) is 3.47. The molecule has 2 aromatic carbocycles. The number of aromatic nitrogens is 1. The van der Waals surface area contributed by atoms with Crippen LogP contribution in [0.2, 0.25) is 5.02 Å². The maximum Gasteiger partial charge on any atom is 0.270 e. The van der Waals surface area contributed by atoms with E-state index in [1.165, 1.54) is 23.1 Å². The fraction of sp³-hybridized carbons (Fsp3) is 0.0870.